The van der Waals surface area contributed by atoms with Gasteiger partial charge in [0.15, 0.2) is 6.29 Å². The van der Waals surface area contributed by atoms with Crippen LogP contribution < -0.4 is 0 Å². The highest BCUT2D eigenvalue weighted by molar-refractivity contribution is 4.36. The molecule has 0 saturated heterocycles. The van der Waals surface area contributed by atoms with E-state index in [-0.39, 0.29) is 6.29 Å². The van der Waals surface area contributed by atoms with Crippen molar-refractivity contribution in [2.24, 2.45) is 0 Å². The fraction of sp³-hybridized carbons (Fsp3) is 1.00. The van der Waals surface area contributed by atoms with Gasteiger partial charge >= 0.3 is 0 Å². The van der Waals surface area contributed by atoms with Gasteiger partial charge in [-0.05, 0) is 13.3 Å². The molecule has 0 heterocycles. The lowest BCUT2D eigenvalue weighted by atomic mass is 10.4. The molecule has 0 aromatic rings. The smallest absolute Gasteiger partial charge is 0.154 e. The first kappa shape index (κ1) is 11.9. The molecule has 0 aromatic carbocycles. The first-order valence-electron chi connectivity index (χ1n) is 4.53. The molecule has 12 heavy (non-hydrogen) atoms. The van der Waals surface area contributed by atoms with Crippen molar-refractivity contribution in [3.05, 3.63) is 0 Å². The van der Waals surface area contributed by atoms with E-state index in [9.17, 15) is 0 Å². The van der Waals surface area contributed by atoms with E-state index in [2.05, 4.69) is 6.92 Å². The Hall–Kier alpha value is -0.120. The molecular weight excluding hydrogens is 156 g/mol. The lowest BCUT2D eigenvalue weighted by Crippen LogP contribution is -2.16. The summed E-state index contributed by atoms with van der Waals surface area (Å²) < 4.78 is 15.5. The van der Waals surface area contributed by atoms with E-state index in [1.54, 1.807) is 7.11 Å². The van der Waals surface area contributed by atoms with Crippen molar-refractivity contribution in [1.82, 2.24) is 0 Å². The zero-order valence-corrected chi connectivity index (χ0v) is 8.34. The third-order valence-corrected chi connectivity index (χ3v) is 1.49. The average molecular weight is 176 g/mol. The molecule has 0 fully saturated rings. The standard InChI is InChI=1S/C9H20O3/c1-4-5-6-11-9(2)12-8-7-10-3/h9H,4-8H2,1-3H3. The molecule has 0 aliphatic carbocycles. The molecule has 1 atom stereocenters. The van der Waals surface area contributed by atoms with E-state index in [1.807, 2.05) is 6.92 Å². The highest BCUT2D eigenvalue weighted by atomic mass is 16.7. The topological polar surface area (TPSA) is 27.7 Å². The number of rotatable bonds is 8. The van der Waals surface area contributed by atoms with E-state index in [0.717, 1.165) is 19.4 Å². The second kappa shape index (κ2) is 8.97. The zero-order valence-electron chi connectivity index (χ0n) is 8.34. The van der Waals surface area contributed by atoms with Gasteiger partial charge in [0.1, 0.15) is 0 Å². The lowest BCUT2D eigenvalue weighted by Gasteiger charge is -2.13. The summed E-state index contributed by atoms with van der Waals surface area (Å²) in [5.74, 6) is 0. The minimum atomic E-state index is -0.105. The molecule has 0 spiro atoms. The van der Waals surface area contributed by atoms with Crippen LogP contribution in [0.1, 0.15) is 26.7 Å². The molecule has 0 amide bonds. The number of hydrogen-bond donors (Lipinski definition) is 0. The average Bonchev–Trinajstić information content (AvgIpc) is 2.06. The Morgan fingerprint density at radius 3 is 2.33 bits per heavy atom. The van der Waals surface area contributed by atoms with Crippen LogP contribution in [0, 0.1) is 0 Å². The number of hydrogen-bond acceptors (Lipinski definition) is 3. The molecule has 0 aromatic heterocycles. The van der Waals surface area contributed by atoms with Crippen LogP contribution in [0.5, 0.6) is 0 Å². The Bertz CT molecular complexity index is 75.8. The normalized spacial score (nSPS) is 13.2. The van der Waals surface area contributed by atoms with Crippen LogP contribution in [0.15, 0.2) is 0 Å². The van der Waals surface area contributed by atoms with E-state index in [1.165, 1.54) is 0 Å². The Balaban J connectivity index is 3.04. The second-order valence-corrected chi connectivity index (χ2v) is 2.66. The molecular formula is C9H20O3. The zero-order chi connectivity index (χ0) is 9.23. The van der Waals surface area contributed by atoms with Crippen LogP contribution >= 0.6 is 0 Å². The van der Waals surface area contributed by atoms with Gasteiger partial charge in [-0.1, -0.05) is 13.3 Å². The summed E-state index contributed by atoms with van der Waals surface area (Å²) in [6.07, 6.45) is 2.15. The number of unbranched alkanes of at least 4 members (excludes halogenated alkanes) is 1. The van der Waals surface area contributed by atoms with Crippen LogP contribution in [0.3, 0.4) is 0 Å². The van der Waals surface area contributed by atoms with Gasteiger partial charge in [0.25, 0.3) is 0 Å². The highest BCUT2D eigenvalue weighted by Gasteiger charge is 1.99. The molecule has 0 aliphatic heterocycles. The van der Waals surface area contributed by atoms with Gasteiger partial charge in [0.05, 0.1) is 13.2 Å². The minimum absolute atomic E-state index is 0.105. The van der Waals surface area contributed by atoms with Crippen molar-refractivity contribution in [2.45, 2.75) is 33.0 Å². The van der Waals surface area contributed by atoms with Crippen molar-refractivity contribution in [3.8, 4) is 0 Å². The van der Waals surface area contributed by atoms with Crippen LogP contribution in [-0.4, -0.2) is 33.2 Å². The summed E-state index contributed by atoms with van der Waals surface area (Å²) >= 11 is 0. The van der Waals surface area contributed by atoms with Crippen molar-refractivity contribution < 1.29 is 14.2 Å². The molecule has 3 heteroatoms. The maximum absolute atomic E-state index is 5.35. The Labute approximate surface area is 75.0 Å². The summed E-state index contributed by atoms with van der Waals surface area (Å²) in [6, 6.07) is 0. The molecule has 74 valence electrons. The fourth-order valence-electron chi connectivity index (χ4n) is 0.739. The first-order valence-corrected chi connectivity index (χ1v) is 4.53. The van der Waals surface area contributed by atoms with Gasteiger partial charge in [-0.15, -0.1) is 0 Å². The van der Waals surface area contributed by atoms with Crippen molar-refractivity contribution in [2.75, 3.05) is 26.9 Å². The summed E-state index contributed by atoms with van der Waals surface area (Å²) in [5, 5.41) is 0. The van der Waals surface area contributed by atoms with Gasteiger partial charge in [-0.2, -0.15) is 0 Å². The lowest BCUT2D eigenvalue weighted by molar-refractivity contribution is -0.138. The molecule has 0 saturated carbocycles. The summed E-state index contributed by atoms with van der Waals surface area (Å²) in [6.45, 7) is 6.06. The molecule has 0 aliphatic rings. The maximum atomic E-state index is 5.35. The maximum Gasteiger partial charge on any atom is 0.154 e. The summed E-state index contributed by atoms with van der Waals surface area (Å²) in [5.41, 5.74) is 0. The predicted octanol–water partition coefficient (Wildman–Crippen LogP) is 1.81. The van der Waals surface area contributed by atoms with E-state index in [0.29, 0.717) is 13.2 Å². The van der Waals surface area contributed by atoms with E-state index < -0.39 is 0 Å². The third-order valence-electron chi connectivity index (χ3n) is 1.49. The van der Waals surface area contributed by atoms with Crippen molar-refractivity contribution in [3.63, 3.8) is 0 Å². The van der Waals surface area contributed by atoms with Crippen LogP contribution in [0.4, 0.5) is 0 Å². The summed E-state index contributed by atoms with van der Waals surface area (Å²) in [7, 11) is 1.66. The highest BCUT2D eigenvalue weighted by Crippen LogP contribution is 1.96. The monoisotopic (exact) mass is 176 g/mol. The van der Waals surface area contributed by atoms with E-state index in [4.69, 9.17) is 14.2 Å². The van der Waals surface area contributed by atoms with E-state index >= 15 is 0 Å². The van der Waals surface area contributed by atoms with Gasteiger partial charge in [0.2, 0.25) is 0 Å². The van der Waals surface area contributed by atoms with Gasteiger partial charge < -0.3 is 14.2 Å². The molecule has 0 bridgehead atoms. The van der Waals surface area contributed by atoms with Crippen molar-refractivity contribution in [1.29, 1.82) is 0 Å². The van der Waals surface area contributed by atoms with Crippen LogP contribution in [0.25, 0.3) is 0 Å². The molecule has 0 N–H and O–H groups in total. The molecule has 0 radical (unpaired) electrons. The van der Waals surface area contributed by atoms with Crippen molar-refractivity contribution >= 4 is 0 Å². The third kappa shape index (κ3) is 7.98. The quantitative estimate of drug-likeness (QED) is 0.417. The molecule has 3 nitrogen and oxygen atoms in total. The first-order chi connectivity index (χ1) is 5.81. The number of methoxy groups -OCH3 is 1. The van der Waals surface area contributed by atoms with Crippen LogP contribution in [0.2, 0.25) is 0 Å². The molecule has 0 rings (SSSR count). The van der Waals surface area contributed by atoms with Crippen LogP contribution in [-0.2, 0) is 14.2 Å². The number of ether oxygens (including phenoxy) is 3. The Morgan fingerprint density at radius 2 is 1.75 bits per heavy atom. The largest absolute Gasteiger partial charge is 0.382 e. The Morgan fingerprint density at radius 1 is 1.08 bits per heavy atom. The fourth-order valence-corrected chi connectivity index (χ4v) is 0.739. The summed E-state index contributed by atoms with van der Waals surface area (Å²) in [4.78, 5) is 0. The Kier molecular flexibility index (Phi) is 8.88. The SMILES string of the molecule is CCCCOC(C)OCCOC. The van der Waals surface area contributed by atoms with Gasteiger partial charge in [-0.3, -0.25) is 0 Å². The predicted molar refractivity (Wildman–Crippen MR) is 48.2 cm³/mol. The van der Waals surface area contributed by atoms with Gasteiger partial charge in [0, 0.05) is 13.7 Å². The minimum Gasteiger partial charge on any atom is -0.382 e. The van der Waals surface area contributed by atoms with Gasteiger partial charge in [-0.25, -0.2) is 0 Å². The second-order valence-electron chi connectivity index (χ2n) is 2.66. The molecule has 1 unspecified atom stereocenters.